The molecule has 2 aromatic heterocycles. The maximum absolute atomic E-state index is 14.1. The Morgan fingerprint density at radius 1 is 1.60 bits per heavy atom. The van der Waals surface area contributed by atoms with Crippen molar-refractivity contribution >= 4 is 17.0 Å². The minimum absolute atomic E-state index is 0.102. The Bertz CT molecular complexity index is 699. The summed E-state index contributed by atoms with van der Waals surface area (Å²) in [5.74, 6) is -0.102. The first-order chi connectivity index (χ1) is 9.52. The summed E-state index contributed by atoms with van der Waals surface area (Å²) in [4.78, 5) is 18.0. The number of ether oxygens (including phenoxy) is 1. The van der Waals surface area contributed by atoms with Crippen LogP contribution in [-0.2, 0) is 4.74 Å². The van der Waals surface area contributed by atoms with Crippen LogP contribution >= 0.6 is 0 Å². The number of nitrogen functional groups attached to an aromatic ring is 1. The lowest BCUT2D eigenvalue weighted by Crippen LogP contribution is -2.30. The molecule has 108 valence electrons. The first kappa shape index (κ1) is 13.0. The van der Waals surface area contributed by atoms with Gasteiger partial charge in [-0.1, -0.05) is 0 Å². The van der Waals surface area contributed by atoms with Crippen LogP contribution in [0, 0.1) is 0 Å². The fraction of sp³-hybridized carbons (Fsp3) is 0.455. The average Bonchev–Trinajstić information content (AvgIpc) is 2.93. The Morgan fingerprint density at radius 3 is 3.00 bits per heavy atom. The van der Waals surface area contributed by atoms with Crippen LogP contribution in [0.25, 0.3) is 11.0 Å². The highest BCUT2D eigenvalue weighted by Crippen LogP contribution is 2.33. The summed E-state index contributed by atoms with van der Waals surface area (Å²) in [5.41, 5.74) is 5.17. The number of nitrogens with two attached hydrogens (primary N) is 1. The van der Waals surface area contributed by atoms with Crippen LogP contribution in [0.1, 0.15) is 6.23 Å². The maximum atomic E-state index is 14.1. The molecule has 1 fully saturated rings. The third-order valence-corrected chi connectivity index (χ3v) is 3.35. The first-order valence-electron chi connectivity index (χ1n) is 5.97. The number of aromatic amines is 1. The second-order valence-electron chi connectivity index (χ2n) is 4.59. The predicted octanol–water partition coefficient (Wildman–Crippen LogP) is -1.10. The van der Waals surface area contributed by atoms with Crippen molar-refractivity contribution in [2.45, 2.75) is 24.6 Å². The van der Waals surface area contributed by atoms with Gasteiger partial charge in [-0.05, 0) is 6.07 Å². The van der Waals surface area contributed by atoms with Crippen molar-refractivity contribution < 1.29 is 19.3 Å². The number of aliphatic hydroxyl groups is 2. The molecule has 20 heavy (non-hydrogen) atoms. The van der Waals surface area contributed by atoms with Crippen molar-refractivity contribution in [1.29, 1.82) is 0 Å². The predicted molar refractivity (Wildman–Crippen MR) is 66.7 cm³/mol. The molecule has 0 aliphatic carbocycles. The highest BCUT2D eigenvalue weighted by atomic mass is 19.1. The summed E-state index contributed by atoms with van der Waals surface area (Å²) in [5, 5.41) is 18.9. The summed E-state index contributed by atoms with van der Waals surface area (Å²) < 4.78 is 20.6. The van der Waals surface area contributed by atoms with Gasteiger partial charge in [0.15, 0.2) is 18.0 Å². The molecule has 1 saturated heterocycles. The SMILES string of the molecule is Nc1nc2c(ccn2C2O[C@H](CO)[C@@H](O)[C@H]2F)c(=O)[nH]1. The minimum atomic E-state index is -1.75. The smallest absolute Gasteiger partial charge is 0.261 e. The number of aliphatic hydroxyl groups excluding tert-OH is 2. The number of alkyl halides is 1. The van der Waals surface area contributed by atoms with E-state index >= 15 is 0 Å². The Hall–Kier alpha value is -1.97. The molecule has 9 heteroatoms. The lowest BCUT2D eigenvalue weighted by Gasteiger charge is -2.15. The highest BCUT2D eigenvalue weighted by Gasteiger charge is 2.45. The minimum Gasteiger partial charge on any atom is -0.394 e. The van der Waals surface area contributed by atoms with Gasteiger partial charge in [0, 0.05) is 6.20 Å². The second-order valence-corrected chi connectivity index (χ2v) is 4.59. The van der Waals surface area contributed by atoms with Crippen molar-refractivity contribution in [2.24, 2.45) is 0 Å². The van der Waals surface area contributed by atoms with Gasteiger partial charge >= 0.3 is 0 Å². The molecule has 0 amide bonds. The van der Waals surface area contributed by atoms with Crippen LogP contribution < -0.4 is 11.3 Å². The Kier molecular flexibility index (Phi) is 2.96. The van der Waals surface area contributed by atoms with E-state index < -0.39 is 36.8 Å². The van der Waals surface area contributed by atoms with Gasteiger partial charge < -0.3 is 25.3 Å². The molecule has 0 saturated carbocycles. The van der Waals surface area contributed by atoms with Crippen LogP contribution in [0.3, 0.4) is 0 Å². The van der Waals surface area contributed by atoms with E-state index in [9.17, 15) is 14.3 Å². The number of nitrogens with one attached hydrogen (secondary N) is 1. The van der Waals surface area contributed by atoms with E-state index in [1.54, 1.807) is 0 Å². The van der Waals surface area contributed by atoms with E-state index in [0.717, 1.165) is 0 Å². The van der Waals surface area contributed by atoms with Gasteiger partial charge in [-0.15, -0.1) is 0 Å². The molecule has 3 rings (SSSR count). The number of H-pyrrole nitrogens is 1. The molecule has 3 heterocycles. The van der Waals surface area contributed by atoms with E-state index in [0.29, 0.717) is 0 Å². The fourth-order valence-corrected chi connectivity index (χ4v) is 2.34. The molecule has 1 aliphatic heterocycles. The number of nitrogens with zero attached hydrogens (tertiary/aromatic N) is 2. The molecule has 1 aliphatic rings. The fourth-order valence-electron chi connectivity index (χ4n) is 2.34. The van der Waals surface area contributed by atoms with Crippen LogP contribution in [0.4, 0.5) is 10.3 Å². The molecular formula is C11H13FN4O4. The zero-order valence-corrected chi connectivity index (χ0v) is 10.2. The summed E-state index contributed by atoms with van der Waals surface area (Å²) in [6.07, 6.45) is -3.96. The standard InChI is InChI=1S/C11H13FN4O4/c12-6-7(18)5(3-17)20-10(6)16-2-1-4-8(16)14-11(13)15-9(4)19/h1-2,5-7,10,17-18H,3H2,(H3,13,14,15,19)/t5-,6-,7-,10?/m1/s1. The highest BCUT2D eigenvalue weighted by molar-refractivity contribution is 5.76. The Labute approximate surface area is 111 Å². The largest absolute Gasteiger partial charge is 0.394 e. The zero-order chi connectivity index (χ0) is 14.4. The normalized spacial score (nSPS) is 30.1. The molecule has 1 unspecified atom stereocenters. The van der Waals surface area contributed by atoms with E-state index in [2.05, 4.69) is 9.97 Å². The monoisotopic (exact) mass is 284 g/mol. The molecule has 0 aromatic carbocycles. The number of fused-ring (bicyclic) bond motifs is 1. The molecular weight excluding hydrogens is 271 g/mol. The molecule has 0 spiro atoms. The van der Waals surface area contributed by atoms with Gasteiger partial charge in [-0.25, -0.2) is 4.39 Å². The summed E-state index contributed by atoms with van der Waals surface area (Å²) in [6.45, 7) is -0.507. The van der Waals surface area contributed by atoms with Crippen LogP contribution in [0.5, 0.6) is 0 Å². The van der Waals surface area contributed by atoms with Gasteiger partial charge in [0.1, 0.15) is 12.2 Å². The van der Waals surface area contributed by atoms with Crippen LogP contribution in [0.2, 0.25) is 0 Å². The lowest BCUT2D eigenvalue weighted by atomic mass is 10.1. The number of rotatable bonds is 2. The Morgan fingerprint density at radius 2 is 2.35 bits per heavy atom. The van der Waals surface area contributed by atoms with Crippen molar-refractivity contribution in [3.63, 3.8) is 0 Å². The number of hydrogen-bond acceptors (Lipinski definition) is 6. The average molecular weight is 284 g/mol. The maximum Gasteiger partial charge on any atom is 0.261 e. The van der Waals surface area contributed by atoms with Crippen molar-refractivity contribution in [3.05, 3.63) is 22.6 Å². The first-order valence-corrected chi connectivity index (χ1v) is 5.97. The number of halogens is 1. The van der Waals surface area contributed by atoms with E-state index in [4.69, 9.17) is 15.6 Å². The summed E-state index contributed by atoms with van der Waals surface area (Å²) >= 11 is 0. The van der Waals surface area contributed by atoms with Gasteiger partial charge in [0.2, 0.25) is 5.95 Å². The van der Waals surface area contributed by atoms with Gasteiger partial charge in [-0.3, -0.25) is 9.78 Å². The number of hydrogen-bond donors (Lipinski definition) is 4. The number of anilines is 1. The second kappa shape index (κ2) is 4.54. The zero-order valence-electron chi connectivity index (χ0n) is 10.2. The molecule has 0 bridgehead atoms. The summed E-state index contributed by atoms with van der Waals surface area (Å²) in [7, 11) is 0. The van der Waals surface area contributed by atoms with Crippen LogP contribution in [-0.4, -0.2) is 49.7 Å². The van der Waals surface area contributed by atoms with Crippen molar-refractivity contribution in [1.82, 2.24) is 14.5 Å². The molecule has 0 radical (unpaired) electrons. The third-order valence-electron chi connectivity index (χ3n) is 3.35. The molecule has 4 atom stereocenters. The van der Waals surface area contributed by atoms with Gasteiger partial charge in [0.25, 0.3) is 5.56 Å². The third kappa shape index (κ3) is 1.79. The Balaban J connectivity index is 2.09. The van der Waals surface area contributed by atoms with E-state index in [-0.39, 0.29) is 17.0 Å². The van der Waals surface area contributed by atoms with Gasteiger partial charge in [0.05, 0.1) is 12.0 Å². The number of aromatic nitrogens is 3. The van der Waals surface area contributed by atoms with Gasteiger partial charge in [-0.2, -0.15) is 4.98 Å². The topological polar surface area (TPSA) is 126 Å². The van der Waals surface area contributed by atoms with Crippen LogP contribution in [0.15, 0.2) is 17.1 Å². The van der Waals surface area contributed by atoms with E-state index in [1.165, 1.54) is 16.8 Å². The molecule has 2 aromatic rings. The summed E-state index contributed by atoms with van der Waals surface area (Å²) in [6, 6.07) is 1.45. The molecule has 5 N–H and O–H groups in total. The molecule has 8 nitrogen and oxygen atoms in total. The van der Waals surface area contributed by atoms with Crippen molar-refractivity contribution in [3.8, 4) is 0 Å². The lowest BCUT2D eigenvalue weighted by molar-refractivity contribution is -0.0457. The van der Waals surface area contributed by atoms with Crippen molar-refractivity contribution in [2.75, 3.05) is 12.3 Å². The van der Waals surface area contributed by atoms with E-state index in [1.807, 2.05) is 0 Å². The quantitative estimate of drug-likeness (QED) is 0.554.